The minimum absolute atomic E-state index is 0.000976. The van der Waals surface area contributed by atoms with Crippen molar-refractivity contribution in [3.63, 3.8) is 0 Å². The van der Waals surface area contributed by atoms with Gasteiger partial charge in [0.25, 0.3) is 0 Å². The lowest BCUT2D eigenvalue weighted by atomic mass is 10.0. The lowest BCUT2D eigenvalue weighted by Crippen LogP contribution is -2.48. The number of aryl methyl sites for hydroxylation is 1. The summed E-state index contributed by atoms with van der Waals surface area (Å²) in [6.45, 7) is 2.77. The average Bonchev–Trinajstić information content (AvgIpc) is 2.89. The zero-order valence-corrected chi connectivity index (χ0v) is 22.2. The standard InChI is InChI=1S/C25H30N8O4S/c1-31-7-8-32(23(35)15-31)14-18-10-17-4-3-6-33(24(17)29-21(18)16-34)25(36)30-22-11-20(19(12-26)13-28-22)27-5-9-38(2)37/h10-11,13,16H,3-9,14-15H2,1-2H3,(H2,27,28,30,36). The van der Waals surface area contributed by atoms with Crippen LogP contribution in [0, 0.1) is 11.3 Å². The lowest BCUT2D eigenvalue weighted by molar-refractivity contribution is -0.136. The Morgan fingerprint density at radius 1 is 1.32 bits per heavy atom. The molecule has 0 aliphatic carbocycles. The molecule has 1 saturated heterocycles. The van der Waals surface area contributed by atoms with Crippen molar-refractivity contribution >= 4 is 46.7 Å². The van der Waals surface area contributed by atoms with E-state index in [1.807, 2.05) is 24.1 Å². The van der Waals surface area contributed by atoms with Crippen LogP contribution in [-0.2, 0) is 28.9 Å². The number of aromatic nitrogens is 2. The van der Waals surface area contributed by atoms with Gasteiger partial charge < -0.3 is 14.8 Å². The molecule has 0 spiro atoms. The van der Waals surface area contributed by atoms with E-state index in [-0.39, 0.29) is 17.4 Å². The number of hydrogen-bond donors (Lipinski definition) is 2. The topological polar surface area (TPSA) is 158 Å². The summed E-state index contributed by atoms with van der Waals surface area (Å²) in [6.07, 6.45) is 5.01. The number of likely N-dealkylation sites (N-methyl/N-ethyl adjacent to an activating group) is 1. The number of anilines is 3. The Kier molecular flexibility index (Phi) is 8.77. The summed E-state index contributed by atoms with van der Waals surface area (Å²) in [5, 5.41) is 15.2. The van der Waals surface area contributed by atoms with Gasteiger partial charge in [-0.1, -0.05) is 11.2 Å². The van der Waals surface area contributed by atoms with Gasteiger partial charge in [-0.3, -0.25) is 24.7 Å². The largest absolute Gasteiger partial charge is 0.617 e. The summed E-state index contributed by atoms with van der Waals surface area (Å²) in [6, 6.07) is 5.01. The summed E-state index contributed by atoms with van der Waals surface area (Å²) in [7, 11) is 1.90. The van der Waals surface area contributed by atoms with Crippen LogP contribution < -0.4 is 15.5 Å². The highest BCUT2D eigenvalue weighted by Crippen LogP contribution is 2.29. The third kappa shape index (κ3) is 6.39. The van der Waals surface area contributed by atoms with Crippen LogP contribution in [0.4, 0.5) is 22.1 Å². The van der Waals surface area contributed by atoms with Gasteiger partial charge in [-0.05, 0) is 31.5 Å². The van der Waals surface area contributed by atoms with E-state index in [0.29, 0.717) is 80.2 Å². The third-order valence-corrected chi connectivity index (χ3v) is 7.25. The van der Waals surface area contributed by atoms with E-state index in [0.717, 1.165) is 12.1 Å². The number of amides is 3. The smallest absolute Gasteiger partial charge is 0.328 e. The molecule has 0 radical (unpaired) electrons. The van der Waals surface area contributed by atoms with Gasteiger partial charge in [0.2, 0.25) is 5.91 Å². The van der Waals surface area contributed by atoms with Crippen molar-refractivity contribution < 1.29 is 18.9 Å². The molecule has 2 aliphatic heterocycles. The predicted octanol–water partition coefficient (Wildman–Crippen LogP) is 1.21. The van der Waals surface area contributed by atoms with Crippen molar-refractivity contribution in [2.75, 3.05) is 67.3 Å². The second kappa shape index (κ2) is 12.2. The zero-order chi connectivity index (χ0) is 27.2. The number of piperazine rings is 1. The van der Waals surface area contributed by atoms with Crippen molar-refractivity contribution in [3.8, 4) is 6.07 Å². The molecule has 1 fully saturated rings. The molecular weight excluding hydrogens is 508 g/mol. The van der Waals surface area contributed by atoms with Crippen molar-refractivity contribution in [2.45, 2.75) is 19.4 Å². The first-order valence-electron chi connectivity index (χ1n) is 12.3. The molecule has 0 aromatic carbocycles. The maximum Gasteiger partial charge on any atom is 0.328 e. The molecule has 1 atom stereocenters. The number of pyridine rings is 2. The van der Waals surface area contributed by atoms with Crippen LogP contribution in [0.15, 0.2) is 18.3 Å². The Morgan fingerprint density at radius 2 is 2.13 bits per heavy atom. The number of nitrogens with one attached hydrogen (secondary N) is 2. The normalized spacial score (nSPS) is 16.4. The van der Waals surface area contributed by atoms with Crippen LogP contribution in [0.5, 0.6) is 0 Å². The Hall–Kier alpha value is -3.73. The van der Waals surface area contributed by atoms with Gasteiger partial charge >= 0.3 is 6.03 Å². The van der Waals surface area contributed by atoms with Crippen molar-refractivity contribution in [1.29, 1.82) is 5.26 Å². The Labute approximate surface area is 224 Å². The second-order valence-corrected chi connectivity index (χ2v) is 10.9. The van der Waals surface area contributed by atoms with Gasteiger partial charge in [0.1, 0.15) is 29.2 Å². The minimum Gasteiger partial charge on any atom is -0.617 e. The molecule has 4 rings (SSSR count). The number of carbonyl (C=O) groups is 3. The van der Waals surface area contributed by atoms with Gasteiger partial charge in [-0.15, -0.1) is 0 Å². The second-order valence-electron chi connectivity index (χ2n) is 9.30. The monoisotopic (exact) mass is 538 g/mol. The van der Waals surface area contributed by atoms with Crippen LogP contribution in [0.3, 0.4) is 0 Å². The zero-order valence-electron chi connectivity index (χ0n) is 21.4. The number of rotatable bonds is 8. The van der Waals surface area contributed by atoms with Gasteiger partial charge in [0.05, 0.1) is 30.6 Å². The average molecular weight is 539 g/mol. The highest BCUT2D eigenvalue weighted by molar-refractivity contribution is 7.90. The van der Waals surface area contributed by atoms with Crippen LogP contribution in [0.1, 0.15) is 33.6 Å². The molecule has 38 heavy (non-hydrogen) atoms. The Balaban J connectivity index is 1.52. The summed E-state index contributed by atoms with van der Waals surface area (Å²) in [5.41, 5.74) is 2.47. The number of hydrogen-bond acceptors (Lipinski definition) is 9. The fourth-order valence-electron chi connectivity index (χ4n) is 4.45. The van der Waals surface area contributed by atoms with Gasteiger partial charge in [0, 0.05) is 44.0 Å². The van der Waals surface area contributed by atoms with Gasteiger partial charge in [0.15, 0.2) is 6.29 Å². The van der Waals surface area contributed by atoms with E-state index in [9.17, 15) is 24.2 Å². The first-order valence-corrected chi connectivity index (χ1v) is 14.0. The maximum absolute atomic E-state index is 13.2. The quantitative estimate of drug-likeness (QED) is 0.372. The van der Waals surface area contributed by atoms with Crippen LogP contribution in [0.2, 0.25) is 0 Å². The summed E-state index contributed by atoms with van der Waals surface area (Å²) in [5.74, 6) is 1.06. The molecule has 0 bridgehead atoms. The van der Waals surface area contributed by atoms with Gasteiger partial charge in [-0.2, -0.15) is 5.26 Å². The number of urea groups is 1. The van der Waals surface area contributed by atoms with E-state index in [4.69, 9.17) is 0 Å². The summed E-state index contributed by atoms with van der Waals surface area (Å²) >= 11 is -0.988. The minimum atomic E-state index is -0.988. The molecule has 2 N–H and O–H groups in total. The molecule has 0 saturated carbocycles. The van der Waals surface area contributed by atoms with Crippen molar-refractivity contribution in [3.05, 3.63) is 40.7 Å². The lowest BCUT2D eigenvalue weighted by Gasteiger charge is -2.33. The number of aldehydes is 1. The number of nitriles is 1. The van der Waals surface area contributed by atoms with Crippen LogP contribution in [-0.4, -0.2) is 94.3 Å². The van der Waals surface area contributed by atoms with E-state index in [1.54, 1.807) is 17.2 Å². The summed E-state index contributed by atoms with van der Waals surface area (Å²) < 4.78 is 11.4. The van der Waals surface area contributed by atoms with Gasteiger partial charge in [-0.25, -0.2) is 14.8 Å². The maximum atomic E-state index is 13.2. The highest BCUT2D eigenvalue weighted by Gasteiger charge is 2.28. The first kappa shape index (κ1) is 27.3. The number of fused-ring (bicyclic) bond motifs is 1. The Morgan fingerprint density at radius 3 is 2.84 bits per heavy atom. The highest BCUT2D eigenvalue weighted by atomic mass is 32.2. The summed E-state index contributed by atoms with van der Waals surface area (Å²) in [4.78, 5) is 51.5. The van der Waals surface area contributed by atoms with E-state index < -0.39 is 17.2 Å². The third-order valence-electron chi connectivity index (χ3n) is 6.47. The Bertz CT molecular complexity index is 1260. The van der Waals surface area contributed by atoms with Crippen LogP contribution in [0.25, 0.3) is 0 Å². The van der Waals surface area contributed by atoms with E-state index in [1.165, 1.54) is 11.1 Å². The molecule has 1 unspecified atom stereocenters. The first-order chi connectivity index (χ1) is 18.3. The fourth-order valence-corrected chi connectivity index (χ4v) is 4.84. The molecule has 4 heterocycles. The molecule has 2 aliphatic rings. The number of nitrogens with zero attached hydrogens (tertiary/aromatic N) is 6. The van der Waals surface area contributed by atoms with E-state index >= 15 is 0 Å². The molecule has 12 nitrogen and oxygen atoms in total. The van der Waals surface area contributed by atoms with Crippen molar-refractivity contribution in [2.24, 2.45) is 0 Å². The molecule has 2 aromatic rings. The molecule has 200 valence electrons. The van der Waals surface area contributed by atoms with Crippen LogP contribution >= 0.6 is 0 Å². The molecule has 13 heteroatoms. The SMILES string of the molecule is CN1CCN(Cc2cc3c(nc2C=O)N(C(=O)Nc2cc(NCC[S+](C)[O-])c(C#N)cn2)CCC3)C(=O)C1. The molecular formula is C25H30N8O4S. The van der Waals surface area contributed by atoms with E-state index in [2.05, 4.69) is 20.6 Å². The molecule has 3 amide bonds. The predicted molar refractivity (Wildman–Crippen MR) is 144 cm³/mol. The number of carbonyl (C=O) groups excluding carboxylic acids is 3. The van der Waals surface area contributed by atoms with Crippen molar-refractivity contribution in [1.82, 2.24) is 19.8 Å². The fraction of sp³-hybridized carbons (Fsp3) is 0.440. The molecule has 2 aromatic heterocycles.